The second kappa shape index (κ2) is 6.28. The number of hydrogen-bond acceptors (Lipinski definition) is 4. The van der Waals surface area contributed by atoms with Crippen LogP contribution in [0.25, 0.3) is 0 Å². The molecule has 0 spiro atoms. The number of fused-ring (bicyclic) bond motifs is 1. The van der Waals surface area contributed by atoms with Crippen molar-refractivity contribution in [3.8, 4) is 11.8 Å². The zero-order chi connectivity index (χ0) is 15.6. The van der Waals surface area contributed by atoms with Gasteiger partial charge in [-0.05, 0) is 25.3 Å². The van der Waals surface area contributed by atoms with Crippen molar-refractivity contribution < 1.29 is 9.84 Å². The first-order valence-electron chi connectivity index (χ1n) is 8.16. The van der Waals surface area contributed by atoms with E-state index in [-0.39, 0.29) is 12.0 Å². The Hall–Kier alpha value is -1.57. The lowest BCUT2D eigenvalue weighted by Crippen LogP contribution is -2.54. The largest absolute Gasteiger partial charge is 0.496 e. The van der Waals surface area contributed by atoms with Gasteiger partial charge in [0.1, 0.15) is 5.75 Å². The predicted octanol–water partition coefficient (Wildman–Crippen LogP) is 2.89. The molecule has 0 amide bonds. The number of likely N-dealkylation sites (tertiary alicyclic amines) is 1. The van der Waals surface area contributed by atoms with Gasteiger partial charge in [-0.3, -0.25) is 4.90 Å². The van der Waals surface area contributed by atoms with E-state index in [1.54, 1.807) is 7.11 Å². The minimum atomic E-state index is -0.588. The molecule has 1 aliphatic heterocycles. The lowest BCUT2D eigenvalue weighted by atomic mass is 9.66. The molecular weight excluding hydrogens is 276 g/mol. The molecule has 1 aromatic rings. The van der Waals surface area contributed by atoms with Gasteiger partial charge in [-0.25, -0.2) is 0 Å². The van der Waals surface area contributed by atoms with Gasteiger partial charge < -0.3 is 9.84 Å². The fourth-order valence-corrected chi connectivity index (χ4v) is 4.33. The van der Waals surface area contributed by atoms with Gasteiger partial charge >= 0.3 is 0 Å². The van der Waals surface area contributed by atoms with Crippen molar-refractivity contribution in [2.24, 2.45) is 5.92 Å². The number of benzene rings is 1. The van der Waals surface area contributed by atoms with Crippen molar-refractivity contribution in [2.45, 2.75) is 43.7 Å². The van der Waals surface area contributed by atoms with Gasteiger partial charge in [-0.15, -0.1) is 0 Å². The van der Waals surface area contributed by atoms with Crippen LogP contribution in [0.4, 0.5) is 0 Å². The monoisotopic (exact) mass is 300 g/mol. The molecular formula is C18H24N2O2. The van der Waals surface area contributed by atoms with E-state index < -0.39 is 5.60 Å². The lowest BCUT2D eigenvalue weighted by molar-refractivity contribution is -0.122. The molecule has 2 aliphatic rings. The summed E-state index contributed by atoms with van der Waals surface area (Å²) < 4.78 is 5.55. The number of nitrogens with zero attached hydrogens (tertiary/aromatic N) is 2. The molecule has 3 rings (SSSR count). The van der Waals surface area contributed by atoms with Gasteiger partial charge in [0.25, 0.3) is 0 Å². The van der Waals surface area contributed by atoms with Crippen LogP contribution in [0, 0.1) is 17.2 Å². The van der Waals surface area contributed by atoms with Gasteiger partial charge in [0, 0.05) is 24.1 Å². The molecule has 1 saturated heterocycles. The third-order valence-corrected chi connectivity index (χ3v) is 5.40. The summed E-state index contributed by atoms with van der Waals surface area (Å²) in [6.07, 6.45) is 4.92. The quantitative estimate of drug-likeness (QED) is 0.872. The van der Waals surface area contributed by atoms with Crippen LogP contribution >= 0.6 is 0 Å². The minimum Gasteiger partial charge on any atom is -0.496 e. The standard InChI is InChI=1S/C18H24N2O2/c1-22-16-8-3-2-6-14(16)17-15-7-4-5-9-18(15,21)10-12-20(17)13-11-19/h2-3,6,8,15,17,21H,4-5,7,9-10,12-13H2,1H3/t15-,17-,18-/m0/s1. The summed E-state index contributed by atoms with van der Waals surface area (Å²) in [6, 6.07) is 10.4. The first-order chi connectivity index (χ1) is 10.7. The third-order valence-electron chi connectivity index (χ3n) is 5.40. The van der Waals surface area contributed by atoms with Crippen LogP contribution in [0.3, 0.4) is 0 Å². The molecule has 4 nitrogen and oxygen atoms in total. The highest BCUT2D eigenvalue weighted by Gasteiger charge is 2.49. The van der Waals surface area contributed by atoms with Gasteiger partial charge in [0.2, 0.25) is 0 Å². The number of para-hydroxylation sites is 1. The molecule has 0 bridgehead atoms. The number of methoxy groups -OCH3 is 1. The van der Waals surface area contributed by atoms with Crippen LogP contribution in [0.1, 0.15) is 43.7 Å². The summed E-state index contributed by atoms with van der Waals surface area (Å²) in [6.45, 7) is 1.17. The molecule has 1 N–H and O–H groups in total. The van der Waals surface area contributed by atoms with Crippen molar-refractivity contribution in [2.75, 3.05) is 20.2 Å². The summed E-state index contributed by atoms with van der Waals surface area (Å²) in [4.78, 5) is 2.21. The Morgan fingerprint density at radius 3 is 2.95 bits per heavy atom. The molecule has 2 fully saturated rings. The number of piperidine rings is 1. The SMILES string of the molecule is COc1ccccc1[C@H]1[C@@H]2CCCC[C@]2(O)CCN1CC#N. The molecule has 1 saturated carbocycles. The van der Waals surface area contributed by atoms with Crippen LogP contribution in [-0.2, 0) is 0 Å². The van der Waals surface area contributed by atoms with Crippen LogP contribution in [-0.4, -0.2) is 35.8 Å². The van der Waals surface area contributed by atoms with Crippen LogP contribution < -0.4 is 4.74 Å². The number of hydrogen-bond donors (Lipinski definition) is 1. The Morgan fingerprint density at radius 2 is 2.18 bits per heavy atom. The predicted molar refractivity (Wildman–Crippen MR) is 84.4 cm³/mol. The van der Waals surface area contributed by atoms with E-state index in [2.05, 4.69) is 17.0 Å². The first-order valence-corrected chi connectivity index (χ1v) is 8.16. The Morgan fingerprint density at radius 1 is 1.36 bits per heavy atom. The molecule has 0 unspecified atom stereocenters. The molecule has 4 heteroatoms. The maximum absolute atomic E-state index is 11.1. The average Bonchev–Trinajstić information content (AvgIpc) is 2.55. The zero-order valence-corrected chi connectivity index (χ0v) is 13.2. The molecule has 1 aromatic carbocycles. The second-order valence-corrected chi connectivity index (χ2v) is 6.52. The van der Waals surface area contributed by atoms with Crippen molar-refractivity contribution in [1.29, 1.82) is 5.26 Å². The summed E-state index contributed by atoms with van der Waals surface area (Å²) in [5.74, 6) is 1.03. The van der Waals surface area contributed by atoms with E-state index in [0.717, 1.165) is 50.0 Å². The molecule has 1 aliphatic carbocycles. The maximum atomic E-state index is 11.1. The van der Waals surface area contributed by atoms with E-state index >= 15 is 0 Å². The van der Waals surface area contributed by atoms with Crippen LogP contribution in [0.15, 0.2) is 24.3 Å². The number of rotatable bonds is 3. The molecule has 0 aromatic heterocycles. The second-order valence-electron chi connectivity index (χ2n) is 6.52. The van der Waals surface area contributed by atoms with E-state index in [0.29, 0.717) is 6.54 Å². The Labute approximate surface area is 132 Å². The van der Waals surface area contributed by atoms with Gasteiger partial charge in [0.15, 0.2) is 0 Å². The fraction of sp³-hybridized carbons (Fsp3) is 0.611. The Kier molecular flexibility index (Phi) is 4.37. The van der Waals surface area contributed by atoms with Crippen molar-refractivity contribution in [3.63, 3.8) is 0 Å². The van der Waals surface area contributed by atoms with Crippen molar-refractivity contribution >= 4 is 0 Å². The molecule has 3 atom stereocenters. The topological polar surface area (TPSA) is 56.5 Å². The lowest BCUT2D eigenvalue weighted by Gasteiger charge is -2.52. The Balaban J connectivity index is 2.03. The van der Waals surface area contributed by atoms with E-state index in [1.807, 2.05) is 18.2 Å². The molecule has 22 heavy (non-hydrogen) atoms. The summed E-state index contributed by atoms with van der Waals surface area (Å²) in [5.41, 5.74) is 0.515. The normalized spacial score (nSPS) is 32.0. The molecule has 0 radical (unpaired) electrons. The van der Waals surface area contributed by atoms with Gasteiger partial charge in [-0.1, -0.05) is 31.0 Å². The van der Waals surface area contributed by atoms with Crippen LogP contribution in [0.5, 0.6) is 5.75 Å². The van der Waals surface area contributed by atoms with Gasteiger partial charge in [-0.2, -0.15) is 5.26 Å². The van der Waals surface area contributed by atoms with Crippen molar-refractivity contribution in [1.82, 2.24) is 4.90 Å². The zero-order valence-electron chi connectivity index (χ0n) is 13.2. The average molecular weight is 300 g/mol. The number of aliphatic hydroxyl groups is 1. The number of ether oxygens (including phenoxy) is 1. The Bertz CT molecular complexity index is 568. The highest BCUT2D eigenvalue weighted by atomic mass is 16.5. The fourth-order valence-electron chi connectivity index (χ4n) is 4.33. The molecule has 1 heterocycles. The van der Waals surface area contributed by atoms with Crippen molar-refractivity contribution in [3.05, 3.63) is 29.8 Å². The third kappa shape index (κ3) is 2.60. The van der Waals surface area contributed by atoms with Crippen LogP contribution in [0.2, 0.25) is 0 Å². The highest BCUT2D eigenvalue weighted by Crippen LogP contribution is 2.50. The van der Waals surface area contributed by atoms with E-state index in [4.69, 9.17) is 4.74 Å². The smallest absolute Gasteiger partial charge is 0.123 e. The highest BCUT2D eigenvalue weighted by molar-refractivity contribution is 5.37. The number of nitriles is 1. The van der Waals surface area contributed by atoms with Gasteiger partial charge in [0.05, 0.1) is 25.3 Å². The summed E-state index contributed by atoms with van der Waals surface area (Å²) in [7, 11) is 1.68. The van der Waals surface area contributed by atoms with E-state index in [9.17, 15) is 10.4 Å². The summed E-state index contributed by atoms with van der Waals surface area (Å²) >= 11 is 0. The first kappa shape index (κ1) is 15.3. The summed E-state index contributed by atoms with van der Waals surface area (Å²) in [5, 5.41) is 20.3. The maximum Gasteiger partial charge on any atom is 0.123 e. The molecule has 118 valence electrons. The van der Waals surface area contributed by atoms with E-state index in [1.165, 1.54) is 0 Å². The minimum absolute atomic E-state index is 0.0647.